The molecule has 5 heteroatoms. The quantitative estimate of drug-likeness (QED) is 0.831. The van der Waals surface area contributed by atoms with Gasteiger partial charge in [0.25, 0.3) is 0 Å². The standard InChI is InChI=1S/C12H19N5/c1-3-5-17-9-11(7-14-17)6-13-12-8-15-16(4-2)10-12/h7-10,13H,3-6H2,1-2H3. The van der Waals surface area contributed by atoms with Crippen LogP contribution in [0, 0.1) is 0 Å². The van der Waals surface area contributed by atoms with Crippen molar-refractivity contribution in [3.63, 3.8) is 0 Å². The van der Waals surface area contributed by atoms with E-state index in [4.69, 9.17) is 0 Å². The fourth-order valence-electron chi connectivity index (χ4n) is 1.68. The van der Waals surface area contributed by atoms with Crippen molar-refractivity contribution >= 4 is 5.69 Å². The fraction of sp³-hybridized carbons (Fsp3) is 0.500. The predicted molar refractivity (Wildman–Crippen MR) is 67.7 cm³/mol. The summed E-state index contributed by atoms with van der Waals surface area (Å²) in [6.45, 7) is 6.90. The molecule has 2 aromatic rings. The minimum atomic E-state index is 0.791. The van der Waals surface area contributed by atoms with E-state index >= 15 is 0 Å². The second-order valence-corrected chi connectivity index (χ2v) is 4.05. The Kier molecular flexibility index (Phi) is 3.80. The van der Waals surface area contributed by atoms with Gasteiger partial charge < -0.3 is 5.32 Å². The van der Waals surface area contributed by atoms with Crippen molar-refractivity contribution in [1.82, 2.24) is 19.6 Å². The third-order valence-electron chi connectivity index (χ3n) is 2.59. The van der Waals surface area contributed by atoms with E-state index in [2.05, 4.69) is 35.6 Å². The van der Waals surface area contributed by atoms with Crippen molar-refractivity contribution in [1.29, 1.82) is 0 Å². The molecule has 0 unspecified atom stereocenters. The van der Waals surface area contributed by atoms with Gasteiger partial charge in [-0.3, -0.25) is 9.36 Å². The van der Waals surface area contributed by atoms with Gasteiger partial charge in [0.15, 0.2) is 0 Å². The molecule has 0 fully saturated rings. The molecule has 2 rings (SSSR count). The van der Waals surface area contributed by atoms with Gasteiger partial charge in [0.2, 0.25) is 0 Å². The zero-order valence-corrected chi connectivity index (χ0v) is 10.4. The highest BCUT2D eigenvalue weighted by atomic mass is 15.3. The zero-order chi connectivity index (χ0) is 12.1. The molecule has 0 amide bonds. The second kappa shape index (κ2) is 5.52. The Morgan fingerprint density at radius 1 is 1.12 bits per heavy atom. The minimum absolute atomic E-state index is 0.791. The number of aryl methyl sites for hydroxylation is 2. The molecule has 17 heavy (non-hydrogen) atoms. The maximum absolute atomic E-state index is 4.30. The van der Waals surface area contributed by atoms with Crippen LogP contribution >= 0.6 is 0 Å². The molecule has 0 aliphatic heterocycles. The van der Waals surface area contributed by atoms with Crippen LogP contribution in [0.15, 0.2) is 24.8 Å². The lowest BCUT2D eigenvalue weighted by molar-refractivity contribution is 0.602. The van der Waals surface area contributed by atoms with Crippen molar-refractivity contribution < 1.29 is 0 Å². The van der Waals surface area contributed by atoms with Crippen molar-refractivity contribution in [2.45, 2.75) is 39.9 Å². The Balaban J connectivity index is 1.88. The van der Waals surface area contributed by atoms with Crippen LogP contribution in [0.3, 0.4) is 0 Å². The molecule has 2 heterocycles. The average Bonchev–Trinajstić information content (AvgIpc) is 2.95. The van der Waals surface area contributed by atoms with Gasteiger partial charge in [-0.1, -0.05) is 6.92 Å². The zero-order valence-electron chi connectivity index (χ0n) is 10.4. The summed E-state index contributed by atoms with van der Waals surface area (Å²) >= 11 is 0. The highest BCUT2D eigenvalue weighted by Gasteiger charge is 2.00. The highest BCUT2D eigenvalue weighted by molar-refractivity contribution is 5.38. The second-order valence-electron chi connectivity index (χ2n) is 4.05. The van der Waals surface area contributed by atoms with Gasteiger partial charge >= 0.3 is 0 Å². The number of hydrogen-bond acceptors (Lipinski definition) is 3. The van der Waals surface area contributed by atoms with Crippen LogP contribution < -0.4 is 5.32 Å². The summed E-state index contributed by atoms with van der Waals surface area (Å²) in [5.74, 6) is 0. The first-order chi connectivity index (χ1) is 8.31. The molecular weight excluding hydrogens is 214 g/mol. The van der Waals surface area contributed by atoms with Gasteiger partial charge in [-0.15, -0.1) is 0 Å². The summed E-state index contributed by atoms with van der Waals surface area (Å²) in [7, 11) is 0. The maximum atomic E-state index is 4.30. The molecule has 5 nitrogen and oxygen atoms in total. The van der Waals surface area contributed by atoms with Crippen molar-refractivity contribution in [3.05, 3.63) is 30.4 Å². The molecule has 0 radical (unpaired) electrons. The third-order valence-corrected chi connectivity index (χ3v) is 2.59. The Morgan fingerprint density at radius 3 is 2.65 bits per heavy atom. The van der Waals surface area contributed by atoms with Crippen LogP contribution in [-0.4, -0.2) is 19.6 Å². The number of rotatable bonds is 6. The van der Waals surface area contributed by atoms with Gasteiger partial charge in [0, 0.05) is 37.6 Å². The van der Waals surface area contributed by atoms with Crippen LogP contribution in [0.4, 0.5) is 5.69 Å². The van der Waals surface area contributed by atoms with Crippen molar-refractivity contribution in [2.24, 2.45) is 0 Å². The first kappa shape index (κ1) is 11.7. The van der Waals surface area contributed by atoms with Gasteiger partial charge in [-0.25, -0.2) is 0 Å². The van der Waals surface area contributed by atoms with E-state index in [1.165, 1.54) is 5.56 Å². The van der Waals surface area contributed by atoms with E-state index < -0.39 is 0 Å². The summed E-state index contributed by atoms with van der Waals surface area (Å²) in [4.78, 5) is 0. The molecule has 1 N–H and O–H groups in total. The van der Waals surface area contributed by atoms with Gasteiger partial charge in [-0.05, 0) is 13.3 Å². The molecule has 0 saturated heterocycles. The van der Waals surface area contributed by atoms with Gasteiger partial charge in [0.05, 0.1) is 18.1 Å². The van der Waals surface area contributed by atoms with Crippen LogP contribution in [0.5, 0.6) is 0 Å². The molecule has 0 aromatic carbocycles. The summed E-state index contributed by atoms with van der Waals surface area (Å²) in [6, 6.07) is 0. The number of hydrogen-bond donors (Lipinski definition) is 1. The molecule has 0 atom stereocenters. The summed E-state index contributed by atoms with van der Waals surface area (Å²) < 4.78 is 3.88. The molecule has 0 spiro atoms. The lowest BCUT2D eigenvalue weighted by Gasteiger charge is -2.00. The van der Waals surface area contributed by atoms with Gasteiger partial charge in [-0.2, -0.15) is 10.2 Å². The third kappa shape index (κ3) is 3.09. The summed E-state index contributed by atoms with van der Waals surface area (Å²) in [5, 5.41) is 11.8. The molecule has 2 aromatic heterocycles. The SMILES string of the molecule is CCCn1cc(CNc2cnn(CC)c2)cn1. The largest absolute Gasteiger partial charge is 0.378 e. The number of nitrogens with one attached hydrogen (secondary N) is 1. The Hall–Kier alpha value is -1.78. The van der Waals surface area contributed by atoms with Crippen LogP contribution in [0.25, 0.3) is 0 Å². The van der Waals surface area contributed by atoms with Crippen molar-refractivity contribution in [2.75, 3.05) is 5.32 Å². The maximum Gasteiger partial charge on any atom is 0.0729 e. The lowest BCUT2D eigenvalue weighted by atomic mass is 10.3. The molecule has 92 valence electrons. The molecule has 0 aliphatic rings. The van der Waals surface area contributed by atoms with E-state index in [0.29, 0.717) is 0 Å². The molecular formula is C12H19N5. The van der Waals surface area contributed by atoms with Crippen LogP contribution in [0.1, 0.15) is 25.8 Å². The topological polar surface area (TPSA) is 47.7 Å². The monoisotopic (exact) mass is 233 g/mol. The van der Waals surface area contributed by atoms with E-state index in [1.54, 1.807) is 0 Å². The van der Waals surface area contributed by atoms with E-state index in [-0.39, 0.29) is 0 Å². The minimum Gasteiger partial charge on any atom is -0.378 e. The molecule has 0 aliphatic carbocycles. The average molecular weight is 233 g/mol. The highest BCUT2D eigenvalue weighted by Crippen LogP contribution is 2.07. The van der Waals surface area contributed by atoms with Crippen LogP contribution in [0.2, 0.25) is 0 Å². The fourth-order valence-corrected chi connectivity index (χ4v) is 1.68. The summed E-state index contributed by atoms with van der Waals surface area (Å²) in [5.41, 5.74) is 2.25. The Morgan fingerprint density at radius 2 is 1.94 bits per heavy atom. The van der Waals surface area contributed by atoms with E-state index in [9.17, 15) is 0 Å². The van der Waals surface area contributed by atoms with E-state index in [1.807, 2.05) is 28.0 Å². The summed E-state index contributed by atoms with van der Waals surface area (Å²) in [6.07, 6.45) is 8.96. The number of anilines is 1. The first-order valence-corrected chi connectivity index (χ1v) is 6.09. The van der Waals surface area contributed by atoms with Gasteiger partial charge in [0.1, 0.15) is 0 Å². The normalized spacial score (nSPS) is 10.7. The Labute approximate surface area is 101 Å². The molecule has 0 saturated carbocycles. The predicted octanol–water partition coefficient (Wildman–Crippen LogP) is 2.12. The van der Waals surface area contributed by atoms with Crippen molar-refractivity contribution in [3.8, 4) is 0 Å². The van der Waals surface area contributed by atoms with E-state index in [0.717, 1.165) is 31.7 Å². The number of aromatic nitrogens is 4. The lowest BCUT2D eigenvalue weighted by Crippen LogP contribution is -1.98. The smallest absolute Gasteiger partial charge is 0.0729 e. The first-order valence-electron chi connectivity index (χ1n) is 6.09. The Bertz CT molecular complexity index is 457. The van der Waals surface area contributed by atoms with Crippen LogP contribution in [-0.2, 0) is 19.6 Å². The molecule has 0 bridgehead atoms. The number of nitrogens with zero attached hydrogens (tertiary/aromatic N) is 4.